The summed E-state index contributed by atoms with van der Waals surface area (Å²) in [5.74, 6) is -4.35. The van der Waals surface area contributed by atoms with Crippen LogP contribution in [-0.4, -0.2) is 58.8 Å². The first-order chi connectivity index (χ1) is 18.5. The lowest BCUT2D eigenvalue weighted by molar-refractivity contribution is -0.0508. The second-order valence-corrected chi connectivity index (χ2v) is 10.4. The predicted octanol–water partition coefficient (Wildman–Crippen LogP) is 6.20. The van der Waals surface area contributed by atoms with Gasteiger partial charge in [0.15, 0.2) is 0 Å². The molecule has 0 radical (unpaired) electrons. The van der Waals surface area contributed by atoms with Crippen LogP contribution in [0.5, 0.6) is 0 Å². The number of nitrogens with zero attached hydrogens (tertiary/aromatic N) is 1. The Morgan fingerprint density at radius 1 is 1.10 bits per heavy atom. The molecule has 0 aliphatic carbocycles. The minimum atomic E-state index is -2.94. The third kappa shape index (κ3) is 6.69. The maximum atomic E-state index is 14.7. The van der Waals surface area contributed by atoms with Crippen LogP contribution in [0.15, 0.2) is 60.7 Å². The molecule has 1 aliphatic heterocycles. The van der Waals surface area contributed by atoms with E-state index in [9.17, 15) is 28.2 Å². The Labute approximate surface area is 226 Å². The van der Waals surface area contributed by atoms with Gasteiger partial charge in [0.1, 0.15) is 5.82 Å². The van der Waals surface area contributed by atoms with Crippen molar-refractivity contribution in [3.63, 3.8) is 0 Å². The number of aliphatic hydroxyl groups excluding tert-OH is 1. The number of carboxylic acids is 1. The number of halogens is 3. The van der Waals surface area contributed by atoms with Crippen molar-refractivity contribution in [2.45, 2.75) is 57.8 Å². The standard InChI is InChI=1S/C31H34F3NO4/c1-19-8-9-22(15-28(19)32)16-29-31(33,34)12-13-35(29)17-24(36)18-39-21(3)26-6-4-5-7-27(26)23-10-11-25(30(37)38)20(2)14-23/h4-11,14-15,21,24,29,36H,12-13,16-18H2,1-3H3,(H,37,38)/t21-,24-,29-/m1/s1. The highest BCUT2D eigenvalue weighted by molar-refractivity contribution is 5.90. The fourth-order valence-electron chi connectivity index (χ4n) is 5.22. The Hall–Kier alpha value is -3.20. The number of β-amino-alcohol motifs (C(OH)–C–C–N with tert-alkyl or cyclic N) is 1. The van der Waals surface area contributed by atoms with E-state index in [4.69, 9.17) is 4.74 Å². The number of hydrogen-bond acceptors (Lipinski definition) is 4. The van der Waals surface area contributed by atoms with E-state index in [-0.39, 0.29) is 38.1 Å². The van der Waals surface area contributed by atoms with Crippen LogP contribution < -0.4 is 0 Å². The van der Waals surface area contributed by atoms with Crippen LogP contribution in [0.1, 0.15) is 52.1 Å². The number of likely N-dealkylation sites (tertiary alicyclic amines) is 1. The monoisotopic (exact) mass is 541 g/mol. The van der Waals surface area contributed by atoms with E-state index in [2.05, 4.69) is 0 Å². The molecule has 0 unspecified atom stereocenters. The van der Waals surface area contributed by atoms with Crippen molar-refractivity contribution < 1.29 is 32.9 Å². The molecule has 0 spiro atoms. The van der Waals surface area contributed by atoms with Crippen molar-refractivity contribution in [3.05, 3.63) is 94.3 Å². The van der Waals surface area contributed by atoms with Gasteiger partial charge in [0.25, 0.3) is 5.92 Å². The highest BCUT2D eigenvalue weighted by Crippen LogP contribution is 2.36. The van der Waals surface area contributed by atoms with Gasteiger partial charge in [-0.2, -0.15) is 0 Å². The number of benzene rings is 3. The second kappa shape index (κ2) is 11.9. The number of aryl methyl sites for hydroxylation is 2. The Morgan fingerprint density at radius 3 is 2.54 bits per heavy atom. The van der Waals surface area contributed by atoms with E-state index in [0.717, 1.165) is 16.7 Å². The molecule has 3 atom stereocenters. The molecular formula is C31H34F3NO4. The highest BCUT2D eigenvalue weighted by Gasteiger charge is 2.48. The summed E-state index contributed by atoms with van der Waals surface area (Å²) < 4.78 is 49.4. The van der Waals surface area contributed by atoms with Crippen LogP contribution in [-0.2, 0) is 11.2 Å². The molecule has 3 aromatic carbocycles. The van der Waals surface area contributed by atoms with Gasteiger partial charge in [-0.1, -0.05) is 48.5 Å². The lowest BCUT2D eigenvalue weighted by Crippen LogP contribution is -2.44. The fourth-order valence-corrected chi connectivity index (χ4v) is 5.22. The van der Waals surface area contributed by atoms with Crippen LogP contribution in [0.25, 0.3) is 11.1 Å². The lowest BCUT2D eigenvalue weighted by Gasteiger charge is -2.30. The SMILES string of the molecule is Cc1ccc(C[C@H]2N(C[C@@H](O)CO[C@H](C)c3ccccc3-c3ccc(C(=O)O)c(C)c3)CCC2(F)F)cc1F. The highest BCUT2D eigenvalue weighted by atomic mass is 19.3. The van der Waals surface area contributed by atoms with Crippen molar-refractivity contribution in [3.8, 4) is 11.1 Å². The minimum absolute atomic E-state index is 0.0123. The smallest absolute Gasteiger partial charge is 0.335 e. The zero-order chi connectivity index (χ0) is 28.3. The van der Waals surface area contributed by atoms with Crippen LogP contribution in [0.3, 0.4) is 0 Å². The summed E-state index contributed by atoms with van der Waals surface area (Å²) in [6, 6.07) is 16.2. The van der Waals surface area contributed by atoms with Crippen molar-refractivity contribution in [1.82, 2.24) is 4.90 Å². The van der Waals surface area contributed by atoms with Gasteiger partial charge in [-0.05, 0) is 72.7 Å². The molecule has 1 heterocycles. The predicted molar refractivity (Wildman–Crippen MR) is 144 cm³/mol. The Kier molecular flexibility index (Phi) is 8.79. The van der Waals surface area contributed by atoms with E-state index in [1.54, 1.807) is 43.0 Å². The largest absolute Gasteiger partial charge is 0.478 e. The molecule has 1 fully saturated rings. The van der Waals surface area contributed by atoms with Crippen LogP contribution in [0.2, 0.25) is 0 Å². The van der Waals surface area contributed by atoms with Crippen molar-refractivity contribution >= 4 is 5.97 Å². The first kappa shape index (κ1) is 28.8. The molecule has 1 saturated heterocycles. The van der Waals surface area contributed by atoms with Gasteiger partial charge in [-0.25, -0.2) is 18.0 Å². The molecular weight excluding hydrogens is 507 g/mol. The van der Waals surface area contributed by atoms with Crippen LogP contribution in [0, 0.1) is 19.7 Å². The van der Waals surface area contributed by atoms with Gasteiger partial charge in [0, 0.05) is 19.5 Å². The minimum Gasteiger partial charge on any atom is -0.478 e. The number of carbonyl (C=O) groups is 1. The van der Waals surface area contributed by atoms with Gasteiger partial charge in [0.2, 0.25) is 0 Å². The molecule has 0 aromatic heterocycles. The normalized spacial score (nSPS) is 18.7. The summed E-state index contributed by atoms with van der Waals surface area (Å²) in [6.07, 6.45) is -1.74. The van der Waals surface area contributed by atoms with E-state index in [1.807, 2.05) is 37.3 Å². The summed E-state index contributed by atoms with van der Waals surface area (Å²) in [4.78, 5) is 13.0. The van der Waals surface area contributed by atoms with E-state index in [1.165, 1.54) is 6.07 Å². The molecule has 0 amide bonds. The van der Waals surface area contributed by atoms with Gasteiger partial charge < -0.3 is 14.9 Å². The van der Waals surface area contributed by atoms with Crippen LogP contribution >= 0.6 is 0 Å². The Morgan fingerprint density at radius 2 is 1.85 bits per heavy atom. The van der Waals surface area contributed by atoms with E-state index in [0.29, 0.717) is 16.7 Å². The number of aromatic carboxylic acids is 1. The molecule has 4 rings (SSSR count). The number of rotatable bonds is 10. The molecule has 5 nitrogen and oxygen atoms in total. The summed E-state index contributed by atoms with van der Waals surface area (Å²) in [7, 11) is 0. The first-order valence-corrected chi connectivity index (χ1v) is 13.1. The van der Waals surface area contributed by atoms with Crippen molar-refractivity contribution in [1.29, 1.82) is 0 Å². The zero-order valence-corrected chi connectivity index (χ0v) is 22.3. The summed E-state index contributed by atoms with van der Waals surface area (Å²) >= 11 is 0. The van der Waals surface area contributed by atoms with Crippen molar-refractivity contribution in [2.24, 2.45) is 0 Å². The summed E-state index contributed by atoms with van der Waals surface area (Å²) in [5.41, 5.74) is 4.43. The van der Waals surface area contributed by atoms with Gasteiger partial charge in [-0.15, -0.1) is 0 Å². The molecule has 208 valence electrons. The molecule has 1 aliphatic rings. The number of ether oxygens (including phenoxy) is 1. The van der Waals surface area contributed by atoms with Gasteiger partial charge in [0.05, 0.1) is 30.4 Å². The van der Waals surface area contributed by atoms with E-state index < -0.39 is 36.0 Å². The number of carboxylic acid groups (broad SMARTS) is 1. The lowest BCUT2D eigenvalue weighted by atomic mass is 9.94. The zero-order valence-electron chi connectivity index (χ0n) is 22.3. The number of aliphatic hydroxyl groups is 1. The molecule has 3 aromatic rings. The summed E-state index contributed by atoms with van der Waals surface area (Å²) in [6.45, 7) is 5.31. The molecule has 0 bridgehead atoms. The number of alkyl halides is 2. The molecule has 39 heavy (non-hydrogen) atoms. The first-order valence-electron chi connectivity index (χ1n) is 13.1. The average molecular weight is 542 g/mol. The topological polar surface area (TPSA) is 70.0 Å². The van der Waals surface area contributed by atoms with Gasteiger partial charge in [-0.3, -0.25) is 4.90 Å². The Bertz CT molecular complexity index is 1330. The van der Waals surface area contributed by atoms with Crippen LogP contribution in [0.4, 0.5) is 13.2 Å². The van der Waals surface area contributed by atoms with E-state index >= 15 is 0 Å². The summed E-state index contributed by atoms with van der Waals surface area (Å²) in [5, 5.41) is 20.0. The Balaban J connectivity index is 1.41. The second-order valence-electron chi connectivity index (χ2n) is 10.4. The average Bonchev–Trinajstić information content (AvgIpc) is 3.17. The molecule has 0 saturated carbocycles. The maximum Gasteiger partial charge on any atom is 0.335 e. The van der Waals surface area contributed by atoms with Crippen molar-refractivity contribution in [2.75, 3.05) is 19.7 Å². The number of hydrogen-bond donors (Lipinski definition) is 2. The maximum absolute atomic E-state index is 14.7. The third-order valence-electron chi connectivity index (χ3n) is 7.48. The fraction of sp³-hybridized carbons (Fsp3) is 0.387. The van der Waals surface area contributed by atoms with Gasteiger partial charge >= 0.3 is 5.97 Å². The molecule has 2 N–H and O–H groups in total. The third-order valence-corrected chi connectivity index (χ3v) is 7.48. The molecule has 8 heteroatoms. The quantitative estimate of drug-likeness (QED) is 0.320.